The van der Waals surface area contributed by atoms with Crippen molar-refractivity contribution in [1.82, 2.24) is 5.32 Å². The van der Waals surface area contributed by atoms with Crippen molar-refractivity contribution in [1.29, 1.82) is 0 Å². The van der Waals surface area contributed by atoms with Gasteiger partial charge in [0.2, 0.25) is 0 Å². The van der Waals surface area contributed by atoms with Crippen LogP contribution >= 0.6 is 15.9 Å². The Morgan fingerprint density at radius 2 is 1.95 bits per heavy atom. The highest BCUT2D eigenvalue weighted by molar-refractivity contribution is 9.10. The van der Waals surface area contributed by atoms with Gasteiger partial charge in [0.05, 0.1) is 0 Å². The van der Waals surface area contributed by atoms with Gasteiger partial charge in [-0.05, 0) is 31.0 Å². The molecule has 0 spiro atoms. The fraction of sp³-hybridized carbons (Fsp3) is 0.600. The van der Waals surface area contributed by atoms with Crippen molar-refractivity contribution in [3.63, 3.8) is 0 Å². The molecule has 0 heterocycles. The maximum absolute atomic E-state index is 13.4. The Labute approximate surface area is 122 Å². The summed E-state index contributed by atoms with van der Waals surface area (Å²) in [5, 5.41) is 3.51. The van der Waals surface area contributed by atoms with E-state index >= 15 is 0 Å². The summed E-state index contributed by atoms with van der Waals surface area (Å²) in [6, 6.07) is 5.36. The third-order valence-electron chi connectivity index (χ3n) is 3.54. The van der Waals surface area contributed by atoms with E-state index in [9.17, 15) is 4.39 Å². The fourth-order valence-electron chi connectivity index (χ4n) is 2.50. The Balaban J connectivity index is 1.69. The largest absolute Gasteiger partial charge is 0.489 e. The van der Waals surface area contributed by atoms with Crippen molar-refractivity contribution in [3.05, 3.63) is 28.5 Å². The Bertz CT molecular complexity index is 392. The summed E-state index contributed by atoms with van der Waals surface area (Å²) in [4.78, 5) is 0. The van der Waals surface area contributed by atoms with E-state index < -0.39 is 0 Å². The summed E-state index contributed by atoms with van der Waals surface area (Å²) in [6.45, 7) is 1.28. The second kappa shape index (κ2) is 7.85. The van der Waals surface area contributed by atoms with Gasteiger partial charge in [0.15, 0.2) is 11.6 Å². The molecule has 0 atom stereocenters. The summed E-state index contributed by atoms with van der Waals surface area (Å²) in [7, 11) is 0. The first-order chi connectivity index (χ1) is 9.25. The van der Waals surface area contributed by atoms with Gasteiger partial charge >= 0.3 is 0 Å². The average molecular weight is 330 g/mol. The highest BCUT2D eigenvalue weighted by Crippen LogP contribution is 2.22. The smallest absolute Gasteiger partial charge is 0.165 e. The molecule has 1 aromatic rings. The number of hydrogen-bond acceptors (Lipinski definition) is 2. The quantitative estimate of drug-likeness (QED) is 0.643. The number of ether oxygens (including phenoxy) is 1. The van der Waals surface area contributed by atoms with Crippen molar-refractivity contribution in [2.75, 3.05) is 13.2 Å². The molecule has 0 radical (unpaired) electrons. The second-order valence-electron chi connectivity index (χ2n) is 5.07. The normalized spacial score (nSPS) is 17.2. The molecule has 0 bridgehead atoms. The van der Waals surface area contributed by atoms with Gasteiger partial charge in [0.1, 0.15) is 6.61 Å². The Morgan fingerprint density at radius 1 is 1.21 bits per heavy atom. The van der Waals surface area contributed by atoms with Gasteiger partial charge in [-0.1, -0.05) is 41.6 Å². The molecule has 0 aliphatic heterocycles. The molecule has 19 heavy (non-hydrogen) atoms. The van der Waals surface area contributed by atoms with Crippen LogP contribution in [0.2, 0.25) is 0 Å². The van der Waals surface area contributed by atoms with Crippen LogP contribution < -0.4 is 10.1 Å². The van der Waals surface area contributed by atoms with Crippen LogP contribution in [0, 0.1) is 5.82 Å². The topological polar surface area (TPSA) is 21.3 Å². The molecule has 1 saturated carbocycles. The predicted molar refractivity (Wildman–Crippen MR) is 79.1 cm³/mol. The zero-order valence-electron chi connectivity index (χ0n) is 11.1. The van der Waals surface area contributed by atoms with Crippen molar-refractivity contribution >= 4 is 15.9 Å². The minimum Gasteiger partial charge on any atom is -0.489 e. The molecule has 0 amide bonds. The lowest BCUT2D eigenvalue weighted by molar-refractivity contribution is 0.287. The van der Waals surface area contributed by atoms with Crippen LogP contribution in [0.3, 0.4) is 0 Å². The van der Waals surface area contributed by atoms with Gasteiger partial charge in [-0.25, -0.2) is 4.39 Å². The lowest BCUT2D eigenvalue weighted by atomic mass is 10.1. The monoisotopic (exact) mass is 329 g/mol. The lowest BCUT2D eigenvalue weighted by Gasteiger charge is -2.16. The molecule has 106 valence electrons. The summed E-state index contributed by atoms with van der Waals surface area (Å²) in [5.41, 5.74) is 0. The highest BCUT2D eigenvalue weighted by Gasteiger charge is 2.11. The molecule has 2 rings (SSSR count). The number of nitrogens with one attached hydrogen (secondary N) is 1. The first kappa shape index (κ1) is 14.8. The van der Waals surface area contributed by atoms with E-state index in [0.717, 1.165) is 11.0 Å². The molecule has 0 saturated heterocycles. The summed E-state index contributed by atoms with van der Waals surface area (Å²) in [6.07, 6.45) is 7.87. The van der Waals surface area contributed by atoms with Crippen LogP contribution in [0.1, 0.15) is 38.5 Å². The van der Waals surface area contributed by atoms with E-state index in [4.69, 9.17) is 4.74 Å². The molecule has 0 aromatic heterocycles. The van der Waals surface area contributed by atoms with Gasteiger partial charge in [0.25, 0.3) is 0 Å². The van der Waals surface area contributed by atoms with E-state index in [0.29, 0.717) is 18.4 Å². The van der Waals surface area contributed by atoms with Gasteiger partial charge in [-0.15, -0.1) is 0 Å². The zero-order chi connectivity index (χ0) is 13.5. The minimum atomic E-state index is -0.308. The SMILES string of the molecule is Fc1ccc(Br)cc1OCCNC1CCCCCC1. The van der Waals surface area contributed by atoms with Crippen LogP contribution in [-0.4, -0.2) is 19.2 Å². The van der Waals surface area contributed by atoms with Crippen molar-refractivity contribution in [2.24, 2.45) is 0 Å². The molecule has 1 N–H and O–H groups in total. The maximum atomic E-state index is 13.4. The third-order valence-corrected chi connectivity index (χ3v) is 4.03. The summed E-state index contributed by atoms with van der Waals surface area (Å²) >= 11 is 3.31. The molecule has 4 heteroatoms. The molecule has 1 fully saturated rings. The molecule has 1 aliphatic carbocycles. The summed E-state index contributed by atoms with van der Waals surface area (Å²) in [5.74, 6) is 0.00899. The van der Waals surface area contributed by atoms with Crippen LogP contribution in [0.15, 0.2) is 22.7 Å². The molecule has 2 nitrogen and oxygen atoms in total. The Hall–Kier alpha value is -0.610. The van der Waals surface area contributed by atoms with E-state index in [1.807, 2.05) is 0 Å². The molecule has 0 unspecified atom stereocenters. The Morgan fingerprint density at radius 3 is 2.68 bits per heavy atom. The van der Waals surface area contributed by atoms with Gasteiger partial charge in [0, 0.05) is 17.1 Å². The second-order valence-corrected chi connectivity index (χ2v) is 5.98. The predicted octanol–water partition coefficient (Wildman–Crippen LogP) is 4.28. The molecular formula is C15H21BrFNO. The first-order valence-electron chi connectivity index (χ1n) is 7.07. The van der Waals surface area contributed by atoms with Crippen LogP contribution in [-0.2, 0) is 0 Å². The van der Waals surface area contributed by atoms with Crippen LogP contribution in [0.4, 0.5) is 4.39 Å². The number of hydrogen-bond donors (Lipinski definition) is 1. The minimum absolute atomic E-state index is 0.308. The van der Waals surface area contributed by atoms with Crippen LogP contribution in [0.5, 0.6) is 5.75 Å². The van der Waals surface area contributed by atoms with E-state index in [2.05, 4.69) is 21.2 Å². The maximum Gasteiger partial charge on any atom is 0.165 e. The van der Waals surface area contributed by atoms with E-state index in [1.54, 1.807) is 12.1 Å². The summed E-state index contributed by atoms with van der Waals surface area (Å²) < 4.78 is 19.7. The van der Waals surface area contributed by atoms with Gasteiger partial charge in [-0.2, -0.15) is 0 Å². The van der Waals surface area contributed by atoms with Crippen molar-refractivity contribution in [2.45, 2.75) is 44.6 Å². The van der Waals surface area contributed by atoms with E-state index in [1.165, 1.54) is 44.6 Å². The zero-order valence-corrected chi connectivity index (χ0v) is 12.7. The number of rotatable bonds is 5. The number of halogens is 2. The standard InChI is InChI=1S/C15H21BrFNO/c16-12-7-8-14(17)15(11-12)19-10-9-18-13-5-3-1-2-4-6-13/h7-8,11,13,18H,1-6,9-10H2. The lowest BCUT2D eigenvalue weighted by Crippen LogP contribution is -2.32. The van der Waals surface area contributed by atoms with Crippen molar-refractivity contribution in [3.8, 4) is 5.75 Å². The molecule has 1 aromatic carbocycles. The van der Waals surface area contributed by atoms with Gasteiger partial charge in [-0.3, -0.25) is 0 Å². The van der Waals surface area contributed by atoms with E-state index in [-0.39, 0.29) is 5.82 Å². The average Bonchev–Trinajstić information content (AvgIpc) is 2.67. The van der Waals surface area contributed by atoms with Gasteiger partial charge < -0.3 is 10.1 Å². The fourth-order valence-corrected chi connectivity index (χ4v) is 2.84. The third kappa shape index (κ3) is 5.11. The van der Waals surface area contributed by atoms with Crippen LogP contribution in [0.25, 0.3) is 0 Å². The molecular weight excluding hydrogens is 309 g/mol. The highest BCUT2D eigenvalue weighted by atomic mass is 79.9. The first-order valence-corrected chi connectivity index (χ1v) is 7.86. The Kier molecular flexibility index (Phi) is 6.11. The molecule has 1 aliphatic rings. The number of benzene rings is 1. The van der Waals surface area contributed by atoms with Crippen molar-refractivity contribution < 1.29 is 9.13 Å².